The lowest BCUT2D eigenvalue weighted by atomic mass is 9.95. The van der Waals surface area contributed by atoms with E-state index in [1.54, 1.807) is 0 Å². The normalized spacial score (nSPS) is 15.1. The minimum atomic E-state index is -0.235. The zero-order valence-corrected chi connectivity index (χ0v) is 8.05. The molecular formula is C11H11NO3. The number of carbonyl (C=O) groups is 1. The fourth-order valence-corrected chi connectivity index (χ4v) is 1.75. The third-order valence-corrected chi connectivity index (χ3v) is 2.46. The number of carbonyl (C=O) groups excluding carboxylic acids is 1. The first-order chi connectivity index (χ1) is 7.24. The van der Waals surface area contributed by atoms with Crippen LogP contribution in [0.3, 0.4) is 0 Å². The van der Waals surface area contributed by atoms with Gasteiger partial charge in [0, 0.05) is 12.0 Å². The van der Waals surface area contributed by atoms with Crippen molar-refractivity contribution in [3.63, 3.8) is 0 Å². The summed E-state index contributed by atoms with van der Waals surface area (Å²) in [6.45, 7) is 0.240. The topological polar surface area (TPSA) is 60.8 Å². The van der Waals surface area contributed by atoms with Crippen LogP contribution >= 0.6 is 0 Å². The molecule has 0 aromatic heterocycles. The summed E-state index contributed by atoms with van der Waals surface area (Å²) in [5.74, 6) is -0.235. The van der Waals surface area contributed by atoms with Crippen LogP contribution in [0.15, 0.2) is 30.1 Å². The second kappa shape index (κ2) is 3.74. The van der Waals surface area contributed by atoms with E-state index < -0.39 is 0 Å². The number of fused-ring (bicyclic) bond motifs is 1. The van der Waals surface area contributed by atoms with Gasteiger partial charge in [0.1, 0.15) is 6.29 Å². The van der Waals surface area contributed by atoms with Crippen molar-refractivity contribution < 1.29 is 15.1 Å². The maximum absolute atomic E-state index is 10.5. The Bertz CT molecular complexity index is 426. The van der Waals surface area contributed by atoms with E-state index in [1.807, 2.05) is 24.3 Å². The van der Waals surface area contributed by atoms with Gasteiger partial charge in [0.15, 0.2) is 0 Å². The number of aliphatic hydroxyl groups excluding tert-OH is 1. The van der Waals surface area contributed by atoms with E-state index >= 15 is 0 Å². The van der Waals surface area contributed by atoms with E-state index in [1.165, 1.54) is 0 Å². The molecule has 0 spiro atoms. The molecule has 2 N–H and O–H groups in total. The molecule has 0 bridgehead atoms. The summed E-state index contributed by atoms with van der Waals surface area (Å²) >= 11 is 0. The maximum atomic E-state index is 10.5. The Hall–Kier alpha value is -1.81. The van der Waals surface area contributed by atoms with Crippen LogP contribution in [0.1, 0.15) is 17.5 Å². The fraction of sp³-hybridized carbons (Fsp3) is 0.182. The highest BCUT2D eigenvalue weighted by atomic mass is 16.5. The van der Waals surface area contributed by atoms with Gasteiger partial charge in [-0.1, -0.05) is 24.3 Å². The summed E-state index contributed by atoms with van der Waals surface area (Å²) in [5, 5.41) is 19.8. The highest BCUT2D eigenvalue weighted by Gasteiger charge is 2.22. The van der Waals surface area contributed by atoms with Gasteiger partial charge in [0.2, 0.25) is 5.88 Å². The van der Waals surface area contributed by atoms with Gasteiger partial charge in [-0.3, -0.25) is 5.21 Å². The van der Waals surface area contributed by atoms with Gasteiger partial charge in [0.05, 0.1) is 6.54 Å². The minimum absolute atomic E-state index is 0.0971. The van der Waals surface area contributed by atoms with Gasteiger partial charge in [0.25, 0.3) is 0 Å². The third-order valence-electron chi connectivity index (χ3n) is 2.46. The number of aliphatic hydroxyl groups is 1. The molecule has 1 aliphatic heterocycles. The number of aldehydes is 1. The molecule has 2 rings (SSSR count). The van der Waals surface area contributed by atoms with E-state index in [9.17, 15) is 15.1 Å². The van der Waals surface area contributed by atoms with Gasteiger partial charge in [-0.25, -0.2) is 5.06 Å². The summed E-state index contributed by atoms with van der Waals surface area (Å²) in [4.78, 5) is 10.5. The summed E-state index contributed by atoms with van der Waals surface area (Å²) in [5.41, 5.74) is 2.19. The molecule has 0 fully saturated rings. The SMILES string of the molecule is O=CCC1=C(O)N(O)Cc2ccccc21. The molecule has 78 valence electrons. The highest BCUT2D eigenvalue weighted by Crippen LogP contribution is 2.30. The van der Waals surface area contributed by atoms with Crippen molar-refractivity contribution in [3.8, 4) is 0 Å². The van der Waals surface area contributed by atoms with Crippen LogP contribution in [0.5, 0.6) is 0 Å². The highest BCUT2D eigenvalue weighted by molar-refractivity contribution is 5.80. The van der Waals surface area contributed by atoms with Crippen LogP contribution in [0.4, 0.5) is 0 Å². The predicted octanol–water partition coefficient (Wildman–Crippen LogP) is 1.71. The van der Waals surface area contributed by atoms with E-state index in [0.29, 0.717) is 11.9 Å². The summed E-state index contributed by atoms with van der Waals surface area (Å²) in [6.07, 6.45) is 0.807. The van der Waals surface area contributed by atoms with Crippen molar-refractivity contribution in [1.29, 1.82) is 0 Å². The predicted molar refractivity (Wildman–Crippen MR) is 54.0 cm³/mol. The molecule has 1 heterocycles. The lowest BCUT2D eigenvalue weighted by Crippen LogP contribution is -2.24. The first-order valence-electron chi connectivity index (χ1n) is 4.64. The zero-order valence-electron chi connectivity index (χ0n) is 8.05. The Morgan fingerprint density at radius 1 is 1.40 bits per heavy atom. The smallest absolute Gasteiger partial charge is 0.215 e. The molecule has 0 aliphatic carbocycles. The molecule has 15 heavy (non-hydrogen) atoms. The molecule has 0 saturated carbocycles. The molecule has 0 amide bonds. The van der Waals surface area contributed by atoms with Crippen molar-refractivity contribution in [3.05, 3.63) is 41.3 Å². The molecule has 0 unspecified atom stereocenters. The summed E-state index contributed by atoms with van der Waals surface area (Å²) < 4.78 is 0. The molecule has 1 aromatic carbocycles. The van der Waals surface area contributed by atoms with Gasteiger partial charge < -0.3 is 9.90 Å². The monoisotopic (exact) mass is 205 g/mol. The molecule has 4 heteroatoms. The van der Waals surface area contributed by atoms with Crippen LogP contribution in [0, 0.1) is 0 Å². The molecule has 1 aliphatic rings. The first kappa shape index (κ1) is 9.73. The van der Waals surface area contributed by atoms with E-state index in [0.717, 1.165) is 16.2 Å². The number of hydrogen-bond acceptors (Lipinski definition) is 4. The molecule has 0 radical (unpaired) electrons. The number of hydroxylamine groups is 2. The van der Waals surface area contributed by atoms with Crippen LogP contribution in [0.2, 0.25) is 0 Å². The third kappa shape index (κ3) is 1.59. The van der Waals surface area contributed by atoms with Gasteiger partial charge >= 0.3 is 0 Å². The van der Waals surface area contributed by atoms with Gasteiger partial charge in [-0.2, -0.15) is 0 Å². The van der Waals surface area contributed by atoms with E-state index in [2.05, 4.69) is 0 Å². The Labute approximate surface area is 87.0 Å². The Morgan fingerprint density at radius 2 is 2.13 bits per heavy atom. The molecule has 0 saturated heterocycles. The van der Waals surface area contributed by atoms with Crippen molar-refractivity contribution >= 4 is 11.9 Å². The molecule has 0 atom stereocenters. The van der Waals surface area contributed by atoms with Crippen molar-refractivity contribution in [2.75, 3.05) is 0 Å². The summed E-state index contributed by atoms with van der Waals surface area (Å²) in [7, 11) is 0. The molecule has 1 aromatic rings. The van der Waals surface area contributed by atoms with Crippen LogP contribution in [-0.4, -0.2) is 21.7 Å². The van der Waals surface area contributed by atoms with Crippen LogP contribution < -0.4 is 0 Å². The molecule has 4 nitrogen and oxygen atoms in total. The number of allylic oxidation sites excluding steroid dienone is 1. The number of nitrogens with zero attached hydrogens (tertiary/aromatic N) is 1. The van der Waals surface area contributed by atoms with Crippen molar-refractivity contribution in [1.82, 2.24) is 5.06 Å². The van der Waals surface area contributed by atoms with Gasteiger partial charge in [-0.05, 0) is 11.1 Å². The van der Waals surface area contributed by atoms with Crippen LogP contribution in [-0.2, 0) is 11.3 Å². The van der Waals surface area contributed by atoms with E-state index in [4.69, 9.17) is 0 Å². The zero-order chi connectivity index (χ0) is 10.8. The largest absolute Gasteiger partial charge is 0.493 e. The Kier molecular flexibility index (Phi) is 2.43. The van der Waals surface area contributed by atoms with E-state index in [-0.39, 0.29) is 18.8 Å². The Morgan fingerprint density at radius 3 is 2.87 bits per heavy atom. The lowest BCUT2D eigenvalue weighted by molar-refractivity contribution is -0.108. The van der Waals surface area contributed by atoms with Crippen molar-refractivity contribution in [2.45, 2.75) is 13.0 Å². The lowest BCUT2D eigenvalue weighted by Gasteiger charge is -2.25. The molecular weight excluding hydrogens is 194 g/mol. The quantitative estimate of drug-likeness (QED) is 0.721. The van der Waals surface area contributed by atoms with Gasteiger partial charge in [-0.15, -0.1) is 0 Å². The average Bonchev–Trinajstić information content (AvgIpc) is 2.25. The number of rotatable bonds is 2. The standard InChI is InChI=1S/C11H11NO3/c13-6-5-10-9-4-2-1-3-8(9)7-12(15)11(10)14/h1-4,6,14-15H,5,7H2. The first-order valence-corrected chi connectivity index (χ1v) is 4.64. The minimum Gasteiger partial charge on any atom is -0.493 e. The fourth-order valence-electron chi connectivity index (χ4n) is 1.75. The van der Waals surface area contributed by atoms with Crippen molar-refractivity contribution in [2.24, 2.45) is 0 Å². The second-order valence-electron chi connectivity index (χ2n) is 3.39. The second-order valence-corrected chi connectivity index (χ2v) is 3.39. The van der Waals surface area contributed by atoms with Crippen LogP contribution in [0.25, 0.3) is 5.57 Å². The Balaban J connectivity index is 2.54. The average molecular weight is 205 g/mol. The maximum Gasteiger partial charge on any atom is 0.215 e. The summed E-state index contributed by atoms with van der Waals surface area (Å²) in [6, 6.07) is 7.38. The number of benzene rings is 1. The number of hydrogen-bond donors (Lipinski definition) is 2.